The second-order valence-electron chi connectivity index (χ2n) is 5.05. The molecule has 1 aromatic rings. The number of halogens is 2. The van der Waals surface area contributed by atoms with E-state index in [1.807, 2.05) is 0 Å². The molecule has 0 spiro atoms. The lowest BCUT2D eigenvalue weighted by atomic mass is 10.3. The SMILES string of the molecule is CCOC(=O)N1CCN(C(=O)CNc2ccc(F)c(Cl)c2)CC1. The molecule has 0 atom stereocenters. The number of hydrogen-bond acceptors (Lipinski definition) is 4. The van der Waals surface area contributed by atoms with Crippen molar-refractivity contribution in [2.24, 2.45) is 0 Å². The summed E-state index contributed by atoms with van der Waals surface area (Å²) in [5, 5.41) is 2.92. The predicted molar refractivity (Wildman–Crippen MR) is 85.1 cm³/mol. The molecule has 1 aliphatic heterocycles. The standard InChI is InChI=1S/C15H19ClFN3O3/c1-2-23-15(22)20-7-5-19(6-8-20)14(21)10-18-11-3-4-13(17)12(16)9-11/h3-4,9,18H,2,5-8,10H2,1H3. The molecule has 0 bridgehead atoms. The van der Waals surface area contributed by atoms with Crippen molar-refractivity contribution < 1.29 is 18.7 Å². The van der Waals surface area contributed by atoms with Gasteiger partial charge in [-0.3, -0.25) is 4.79 Å². The van der Waals surface area contributed by atoms with Crippen LogP contribution in [-0.4, -0.2) is 61.1 Å². The molecule has 0 aliphatic carbocycles. The molecule has 1 N–H and O–H groups in total. The number of nitrogens with one attached hydrogen (secondary N) is 1. The highest BCUT2D eigenvalue weighted by molar-refractivity contribution is 6.31. The summed E-state index contributed by atoms with van der Waals surface area (Å²) in [6.45, 7) is 4.00. The fourth-order valence-corrected chi connectivity index (χ4v) is 2.43. The normalized spacial score (nSPS) is 14.6. The van der Waals surface area contributed by atoms with E-state index in [2.05, 4.69) is 5.32 Å². The van der Waals surface area contributed by atoms with E-state index in [1.54, 1.807) is 16.7 Å². The average Bonchev–Trinajstić information content (AvgIpc) is 2.56. The van der Waals surface area contributed by atoms with Crippen LogP contribution in [0.4, 0.5) is 14.9 Å². The van der Waals surface area contributed by atoms with Crippen LogP contribution in [0.5, 0.6) is 0 Å². The molecule has 1 heterocycles. The molecule has 23 heavy (non-hydrogen) atoms. The molecular formula is C15H19ClFN3O3. The van der Waals surface area contributed by atoms with Crippen molar-refractivity contribution in [1.82, 2.24) is 9.80 Å². The van der Waals surface area contributed by atoms with Crippen molar-refractivity contribution in [2.45, 2.75) is 6.92 Å². The smallest absolute Gasteiger partial charge is 0.409 e. The van der Waals surface area contributed by atoms with Crippen LogP contribution in [0, 0.1) is 5.82 Å². The number of hydrogen-bond donors (Lipinski definition) is 1. The van der Waals surface area contributed by atoms with E-state index < -0.39 is 5.82 Å². The van der Waals surface area contributed by atoms with Crippen LogP contribution in [0.15, 0.2) is 18.2 Å². The van der Waals surface area contributed by atoms with Crippen molar-refractivity contribution >= 4 is 29.3 Å². The number of piperazine rings is 1. The van der Waals surface area contributed by atoms with E-state index in [4.69, 9.17) is 16.3 Å². The van der Waals surface area contributed by atoms with E-state index in [9.17, 15) is 14.0 Å². The van der Waals surface area contributed by atoms with Crippen LogP contribution in [0.25, 0.3) is 0 Å². The second kappa shape index (κ2) is 8.01. The Kier molecular flexibility index (Phi) is 6.04. The summed E-state index contributed by atoms with van der Waals surface area (Å²) in [6.07, 6.45) is -0.348. The zero-order chi connectivity index (χ0) is 16.8. The van der Waals surface area contributed by atoms with Gasteiger partial charge >= 0.3 is 6.09 Å². The minimum Gasteiger partial charge on any atom is -0.450 e. The molecule has 1 aliphatic rings. The molecule has 1 saturated heterocycles. The van der Waals surface area contributed by atoms with E-state index in [1.165, 1.54) is 18.2 Å². The topological polar surface area (TPSA) is 61.9 Å². The van der Waals surface area contributed by atoms with Crippen LogP contribution in [0.3, 0.4) is 0 Å². The molecule has 0 saturated carbocycles. The molecule has 0 radical (unpaired) electrons. The van der Waals surface area contributed by atoms with Crippen LogP contribution in [0.2, 0.25) is 5.02 Å². The minimum atomic E-state index is -0.501. The Morgan fingerprint density at radius 3 is 2.52 bits per heavy atom. The lowest BCUT2D eigenvalue weighted by Gasteiger charge is -2.34. The van der Waals surface area contributed by atoms with Gasteiger partial charge in [0.1, 0.15) is 5.82 Å². The molecule has 2 amide bonds. The van der Waals surface area contributed by atoms with Crippen molar-refractivity contribution in [2.75, 3.05) is 44.6 Å². The summed E-state index contributed by atoms with van der Waals surface area (Å²) >= 11 is 5.69. The first-order chi connectivity index (χ1) is 11.0. The van der Waals surface area contributed by atoms with Gasteiger partial charge in [0, 0.05) is 31.9 Å². The van der Waals surface area contributed by atoms with Gasteiger partial charge in [0.15, 0.2) is 0 Å². The number of nitrogens with zero attached hydrogens (tertiary/aromatic N) is 2. The molecule has 2 rings (SSSR count). The Labute approximate surface area is 139 Å². The summed E-state index contributed by atoms with van der Waals surface area (Å²) in [7, 11) is 0. The second-order valence-corrected chi connectivity index (χ2v) is 5.46. The molecule has 0 aromatic heterocycles. The summed E-state index contributed by atoms with van der Waals surface area (Å²) < 4.78 is 18.0. The largest absolute Gasteiger partial charge is 0.450 e. The quantitative estimate of drug-likeness (QED) is 0.910. The maximum Gasteiger partial charge on any atom is 0.409 e. The number of carbonyl (C=O) groups is 2. The Morgan fingerprint density at radius 1 is 1.26 bits per heavy atom. The third-order valence-electron chi connectivity index (χ3n) is 3.52. The summed E-state index contributed by atoms with van der Waals surface area (Å²) in [4.78, 5) is 27.0. The van der Waals surface area contributed by atoms with Crippen molar-refractivity contribution in [3.05, 3.63) is 29.0 Å². The van der Waals surface area contributed by atoms with E-state index in [-0.39, 0.29) is 23.6 Å². The lowest BCUT2D eigenvalue weighted by Crippen LogP contribution is -2.51. The molecule has 1 aromatic carbocycles. The fourth-order valence-electron chi connectivity index (χ4n) is 2.25. The van der Waals surface area contributed by atoms with Crippen LogP contribution in [-0.2, 0) is 9.53 Å². The monoisotopic (exact) mass is 343 g/mol. The number of ether oxygens (including phenoxy) is 1. The molecule has 126 valence electrons. The van der Waals surface area contributed by atoms with Gasteiger partial charge in [-0.25, -0.2) is 9.18 Å². The summed E-state index contributed by atoms with van der Waals surface area (Å²) in [6, 6.07) is 4.20. The van der Waals surface area contributed by atoms with Crippen molar-refractivity contribution in [1.29, 1.82) is 0 Å². The number of rotatable bonds is 4. The molecular weight excluding hydrogens is 325 g/mol. The Balaban J connectivity index is 1.79. The molecule has 1 fully saturated rings. The predicted octanol–water partition coefficient (Wildman–Crippen LogP) is 2.19. The van der Waals surface area contributed by atoms with Gasteiger partial charge in [0.05, 0.1) is 18.2 Å². The van der Waals surface area contributed by atoms with E-state index in [0.29, 0.717) is 38.5 Å². The lowest BCUT2D eigenvalue weighted by molar-refractivity contribution is -0.130. The van der Waals surface area contributed by atoms with E-state index in [0.717, 1.165) is 0 Å². The minimum absolute atomic E-state index is 0.00509. The first-order valence-corrected chi connectivity index (χ1v) is 7.77. The van der Waals surface area contributed by atoms with Crippen LogP contribution < -0.4 is 5.32 Å². The molecule has 6 nitrogen and oxygen atoms in total. The van der Waals surface area contributed by atoms with Gasteiger partial charge in [0.25, 0.3) is 0 Å². The van der Waals surface area contributed by atoms with Gasteiger partial charge in [0.2, 0.25) is 5.91 Å². The number of amides is 2. The highest BCUT2D eigenvalue weighted by atomic mass is 35.5. The van der Waals surface area contributed by atoms with Gasteiger partial charge in [-0.1, -0.05) is 11.6 Å². The van der Waals surface area contributed by atoms with Gasteiger partial charge in [-0.05, 0) is 25.1 Å². The highest BCUT2D eigenvalue weighted by Crippen LogP contribution is 2.19. The highest BCUT2D eigenvalue weighted by Gasteiger charge is 2.24. The third kappa shape index (κ3) is 4.72. The van der Waals surface area contributed by atoms with Crippen molar-refractivity contribution in [3.8, 4) is 0 Å². The third-order valence-corrected chi connectivity index (χ3v) is 3.81. The Bertz CT molecular complexity index is 577. The van der Waals surface area contributed by atoms with Crippen LogP contribution in [0.1, 0.15) is 6.92 Å². The van der Waals surface area contributed by atoms with Crippen molar-refractivity contribution in [3.63, 3.8) is 0 Å². The van der Waals surface area contributed by atoms with E-state index >= 15 is 0 Å². The fraction of sp³-hybridized carbons (Fsp3) is 0.467. The summed E-state index contributed by atoms with van der Waals surface area (Å²) in [5.41, 5.74) is 0.579. The molecule has 8 heteroatoms. The Hall–Kier alpha value is -2.02. The molecule has 0 unspecified atom stereocenters. The average molecular weight is 344 g/mol. The zero-order valence-electron chi connectivity index (χ0n) is 12.8. The summed E-state index contributed by atoms with van der Waals surface area (Å²) in [5.74, 6) is -0.590. The first-order valence-electron chi connectivity index (χ1n) is 7.39. The number of benzene rings is 1. The van der Waals surface area contributed by atoms with Gasteiger partial charge < -0.3 is 19.9 Å². The van der Waals surface area contributed by atoms with Gasteiger partial charge in [-0.2, -0.15) is 0 Å². The number of carbonyl (C=O) groups excluding carboxylic acids is 2. The van der Waals surface area contributed by atoms with Crippen LogP contribution >= 0.6 is 11.6 Å². The maximum atomic E-state index is 13.1. The maximum absolute atomic E-state index is 13.1. The Morgan fingerprint density at radius 2 is 1.91 bits per heavy atom. The van der Waals surface area contributed by atoms with Gasteiger partial charge in [-0.15, -0.1) is 0 Å². The zero-order valence-corrected chi connectivity index (χ0v) is 13.6. The number of anilines is 1. The first kappa shape index (κ1) is 17.3.